The van der Waals surface area contributed by atoms with E-state index in [1.54, 1.807) is 12.1 Å². The fourth-order valence-corrected chi connectivity index (χ4v) is 1.94. The summed E-state index contributed by atoms with van der Waals surface area (Å²) in [7, 11) is 0. The number of ether oxygens (including phenoxy) is 1. The normalized spacial score (nSPS) is 12.2. The van der Waals surface area contributed by atoms with Crippen LogP contribution in [0.5, 0.6) is 5.88 Å². The molecule has 0 aliphatic heterocycles. The second-order valence-corrected chi connectivity index (χ2v) is 4.74. The molecule has 0 amide bonds. The molecule has 2 rings (SSSR count). The molecule has 2 aromatic rings. The Balaban J connectivity index is 2.19. The average molecular weight is 328 g/mol. The van der Waals surface area contributed by atoms with Gasteiger partial charge in [0, 0.05) is 0 Å². The predicted octanol–water partition coefficient (Wildman–Crippen LogP) is 3.68. The lowest BCUT2D eigenvalue weighted by Gasteiger charge is -2.13. The topological polar surface area (TPSA) is 52.3 Å². The van der Waals surface area contributed by atoms with Gasteiger partial charge in [-0.2, -0.15) is 4.98 Å². The number of esters is 1. The molecule has 1 aromatic heterocycles. The van der Waals surface area contributed by atoms with Gasteiger partial charge >= 0.3 is 5.97 Å². The Morgan fingerprint density at radius 3 is 2.95 bits per heavy atom. The summed E-state index contributed by atoms with van der Waals surface area (Å²) in [5.74, 6) is -1.34. The van der Waals surface area contributed by atoms with Crippen LogP contribution in [0.2, 0.25) is 0 Å². The fraction of sp³-hybridized carbons (Fsp3) is 0.231. The number of rotatable bonds is 4. The van der Waals surface area contributed by atoms with E-state index in [-0.39, 0.29) is 5.88 Å². The van der Waals surface area contributed by atoms with Gasteiger partial charge in [0.1, 0.15) is 5.82 Å². The summed E-state index contributed by atoms with van der Waals surface area (Å²) in [6.45, 7) is 1.83. The van der Waals surface area contributed by atoms with Crippen LogP contribution in [-0.2, 0) is 4.79 Å². The lowest BCUT2D eigenvalue weighted by Crippen LogP contribution is -2.18. The Bertz CT molecular complexity index is 571. The van der Waals surface area contributed by atoms with Crippen molar-refractivity contribution in [3.63, 3.8) is 0 Å². The Morgan fingerprint density at radius 1 is 1.58 bits per heavy atom. The van der Waals surface area contributed by atoms with E-state index in [0.717, 1.165) is 0 Å². The number of carbonyl (C=O) groups excluding carboxylic acids is 1. The smallest absolute Gasteiger partial charge is 0.320 e. The summed E-state index contributed by atoms with van der Waals surface area (Å²) in [5.41, 5.74) is 0.566. The standard InChI is InChI=1S/C13H11BrFNO3/c1-2-9(8-3-4-10(14)11(15)5-8)13(17)19-12-6-18-7-16-12/h3-7,9H,2H2,1H3. The van der Waals surface area contributed by atoms with Crippen LogP contribution in [-0.4, -0.2) is 11.0 Å². The number of carbonyl (C=O) groups is 1. The molecule has 19 heavy (non-hydrogen) atoms. The van der Waals surface area contributed by atoms with Gasteiger partial charge < -0.3 is 9.15 Å². The minimum absolute atomic E-state index is 0.0982. The number of hydrogen-bond donors (Lipinski definition) is 0. The summed E-state index contributed by atoms with van der Waals surface area (Å²) < 4.78 is 23.6. The van der Waals surface area contributed by atoms with Crippen molar-refractivity contribution in [3.05, 3.63) is 46.7 Å². The SMILES string of the molecule is CCC(C(=O)Oc1cocn1)c1ccc(Br)c(F)c1. The van der Waals surface area contributed by atoms with Crippen LogP contribution in [0.4, 0.5) is 4.39 Å². The zero-order chi connectivity index (χ0) is 13.8. The van der Waals surface area contributed by atoms with Crippen molar-refractivity contribution in [3.8, 4) is 5.88 Å². The molecule has 4 nitrogen and oxygen atoms in total. The van der Waals surface area contributed by atoms with Crippen LogP contribution in [0.1, 0.15) is 24.8 Å². The van der Waals surface area contributed by atoms with Crippen LogP contribution in [0.3, 0.4) is 0 Å². The van der Waals surface area contributed by atoms with Gasteiger partial charge in [-0.25, -0.2) is 4.39 Å². The van der Waals surface area contributed by atoms with E-state index in [9.17, 15) is 9.18 Å². The lowest BCUT2D eigenvalue weighted by molar-refractivity contribution is -0.136. The van der Waals surface area contributed by atoms with E-state index in [2.05, 4.69) is 20.9 Å². The molecular weight excluding hydrogens is 317 g/mol. The van der Waals surface area contributed by atoms with E-state index < -0.39 is 17.7 Å². The number of hydrogen-bond acceptors (Lipinski definition) is 4. The molecule has 1 heterocycles. The minimum atomic E-state index is -0.542. The molecule has 1 unspecified atom stereocenters. The Kier molecular flexibility index (Phi) is 4.31. The molecule has 0 bridgehead atoms. The highest BCUT2D eigenvalue weighted by atomic mass is 79.9. The number of aromatic nitrogens is 1. The first-order valence-electron chi connectivity index (χ1n) is 5.66. The molecule has 0 radical (unpaired) electrons. The first-order chi connectivity index (χ1) is 9.11. The molecule has 0 fully saturated rings. The van der Waals surface area contributed by atoms with E-state index >= 15 is 0 Å². The maximum atomic E-state index is 13.5. The van der Waals surface area contributed by atoms with Gasteiger partial charge in [-0.15, -0.1) is 0 Å². The quantitative estimate of drug-likeness (QED) is 0.804. The van der Waals surface area contributed by atoms with E-state index in [4.69, 9.17) is 9.15 Å². The monoisotopic (exact) mass is 327 g/mol. The van der Waals surface area contributed by atoms with Gasteiger partial charge in [-0.3, -0.25) is 4.79 Å². The summed E-state index contributed by atoms with van der Waals surface area (Å²) in [4.78, 5) is 15.7. The molecule has 0 spiro atoms. The molecule has 6 heteroatoms. The van der Waals surface area contributed by atoms with Crippen molar-refractivity contribution in [1.29, 1.82) is 0 Å². The van der Waals surface area contributed by atoms with Crippen molar-refractivity contribution in [2.45, 2.75) is 19.3 Å². The Morgan fingerprint density at radius 2 is 2.37 bits per heavy atom. The van der Waals surface area contributed by atoms with Crippen molar-refractivity contribution >= 4 is 21.9 Å². The average Bonchev–Trinajstić information content (AvgIpc) is 2.87. The summed E-state index contributed by atoms with van der Waals surface area (Å²) >= 11 is 3.07. The van der Waals surface area contributed by atoms with Gasteiger partial charge in [0.15, 0.2) is 12.7 Å². The number of halogens is 2. The van der Waals surface area contributed by atoms with Crippen LogP contribution < -0.4 is 4.74 Å². The predicted molar refractivity (Wildman–Crippen MR) is 69.3 cm³/mol. The molecule has 0 saturated heterocycles. The molecule has 1 aromatic carbocycles. The van der Waals surface area contributed by atoms with Gasteiger partial charge in [-0.1, -0.05) is 13.0 Å². The van der Waals surface area contributed by atoms with Gasteiger partial charge in [0.25, 0.3) is 5.88 Å². The third kappa shape index (κ3) is 3.20. The molecule has 0 saturated carbocycles. The highest BCUT2D eigenvalue weighted by molar-refractivity contribution is 9.10. The second kappa shape index (κ2) is 5.97. The maximum absolute atomic E-state index is 13.5. The second-order valence-electron chi connectivity index (χ2n) is 3.88. The molecule has 0 aliphatic carbocycles. The zero-order valence-corrected chi connectivity index (χ0v) is 11.7. The molecular formula is C13H11BrFNO3. The van der Waals surface area contributed by atoms with Crippen LogP contribution in [0, 0.1) is 5.82 Å². The van der Waals surface area contributed by atoms with Gasteiger partial charge in [0.05, 0.1) is 10.4 Å². The zero-order valence-electron chi connectivity index (χ0n) is 10.1. The van der Waals surface area contributed by atoms with Crippen molar-refractivity contribution in [2.24, 2.45) is 0 Å². The van der Waals surface area contributed by atoms with E-state index in [1.165, 1.54) is 18.7 Å². The number of oxazole rings is 1. The molecule has 0 N–H and O–H groups in total. The third-order valence-corrected chi connectivity index (χ3v) is 3.30. The van der Waals surface area contributed by atoms with E-state index in [0.29, 0.717) is 16.5 Å². The highest BCUT2D eigenvalue weighted by Crippen LogP contribution is 2.25. The Hall–Kier alpha value is -1.69. The molecule has 1 atom stereocenters. The van der Waals surface area contributed by atoms with Crippen LogP contribution in [0.15, 0.2) is 39.7 Å². The van der Waals surface area contributed by atoms with Crippen LogP contribution in [0.25, 0.3) is 0 Å². The first-order valence-corrected chi connectivity index (χ1v) is 6.46. The third-order valence-electron chi connectivity index (χ3n) is 2.65. The first kappa shape index (κ1) is 13.7. The Labute approximate surface area is 117 Å². The summed E-state index contributed by atoms with van der Waals surface area (Å²) in [6, 6.07) is 4.57. The van der Waals surface area contributed by atoms with Gasteiger partial charge in [0.2, 0.25) is 0 Å². The maximum Gasteiger partial charge on any atom is 0.320 e. The largest absolute Gasteiger partial charge is 0.448 e. The van der Waals surface area contributed by atoms with Crippen LogP contribution >= 0.6 is 15.9 Å². The summed E-state index contributed by atoms with van der Waals surface area (Å²) in [5, 5.41) is 0. The highest BCUT2D eigenvalue weighted by Gasteiger charge is 2.22. The van der Waals surface area contributed by atoms with Crippen molar-refractivity contribution in [1.82, 2.24) is 4.98 Å². The van der Waals surface area contributed by atoms with Crippen molar-refractivity contribution < 1.29 is 18.3 Å². The van der Waals surface area contributed by atoms with Crippen molar-refractivity contribution in [2.75, 3.05) is 0 Å². The van der Waals surface area contributed by atoms with E-state index in [1.807, 2.05) is 6.92 Å². The van der Waals surface area contributed by atoms with Gasteiger partial charge in [-0.05, 0) is 40.0 Å². The lowest BCUT2D eigenvalue weighted by atomic mass is 9.96. The number of nitrogens with zero attached hydrogens (tertiary/aromatic N) is 1. The molecule has 0 aliphatic rings. The summed E-state index contributed by atoms with van der Waals surface area (Å²) in [6.07, 6.45) is 2.90. The number of benzene rings is 1. The fourth-order valence-electron chi connectivity index (χ4n) is 1.69. The minimum Gasteiger partial charge on any atom is -0.448 e. The molecule has 100 valence electrons.